The van der Waals surface area contributed by atoms with Gasteiger partial charge in [0.25, 0.3) is 0 Å². The van der Waals surface area contributed by atoms with Crippen LogP contribution >= 0.6 is 11.3 Å². The van der Waals surface area contributed by atoms with Crippen molar-refractivity contribution >= 4 is 53.6 Å². The van der Waals surface area contributed by atoms with E-state index in [9.17, 15) is 0 Å². The summed E-state index contributed by atoms with van der Waals surface area (Å²) in [5.41, 5.74) is 11.1. The molecule has 6 aromatic carbocycles. The number of nitrogens with zero attached hydrogens (tertiary/aromatic N) is 2. The number of furan rings is 1. The van der Waals surface area contributed by atoms with E-state index in [4.69, 9.17) is 4.42 Å². The molecule has 0 radical (unpaired) electrons. The molecule has 0 aliphatic heterocycles. The molecule has 3 heterocycles. The summed E-state index contributed by atoms with van der Waals surface area (Å²) in [6.07, 6.45) is 0. The number of rotatable bonds is 4. The van der Waals surface area contributed by atoms with Crippen LogP contribution in [0.2, 0.25) is 0 Å². The van der Waals surface area contributed by atoms with Gasteiger partial charge in [-0.15, -0.1) is 21.5 Å². The fourth-order valence-electron chi connectivity index (χ4n) is 6.21. The van der Waals surface area contributed by atoms with Crippen LogP contribution in [0.5, 0.6) is 0 Å². The second kappa shape index (κ2) is 10.0. The molecule has 3 aromatic heterocycles. The van der Waals surface area contributed by atoms with Crippen molar-refractivity contribution in [2.45, 2.75) is 0 Å². The number of aromatic nitrogens is 2. The Hall–Kier alpha value is -5.58. The normalized spacial score (nSPS) is 11.6. The zero-order chi connectivity index (χ0) is 29.0. The predicted molar refractivity (Wildman–Crippen MR) is 184 cm³/mol. The van der Waals surface area contributed by atoms with E-state index in [1.165, 1.54) is 36.9 Å². The van der Waals surface area contributed by atoms with E-state index in [1.807, 2.05) is 23.5 Å². The molecule has 4 heteroatoms. The molecule has 0 amide bonds. The summed E-state index contributed by atoms with van der Waals surface area (Å²) in [5.74, 6) is 0. The van der Waals surface area contributed by atoms with Gasteiger partial charge in [-0.1, -0.05) is 109 Å². The van der Waals surface area contributed by atoms with E-state index in [0.29, 0.717) is 0 Å². The summed E-state index contributed by atoms with van der Waals surface area (Å²) in [7, 11) is 0. The van der Waals surface area contributed by atoms with E-state index < -0.39 is 0 Å². The van der Waals surface area contributed by atoms with Crippen molar-refractivity contribution in [1.29, 1.82) is 0 Å². The van der Waals surface area contributed by atoms with Gasteiger partial charge in [0.1, 0.15) is 11.1 Å². The van der Waals surface area contributed by atoms with Crippen molar-refractivity contribution in [3.05, 3.63) is 146 Å². The smallest absolute Gasteiger partial charge is 0.157 e. The minimum atomic E-state index is 0.734. The van der Waals surface area contributed by atoms with Gasteiger partial charge in [0.2, 0.25) is 0 Å². The topological polar surface area (TPSA) is 38.9 Å². The highest BCUT2D eigenvalue weighted by molar-refractivity contribution is 7.26. The van der Waals surface area contributed by atoms with Crippen LogP contribution in [0.25, 0.3) is 86.9 Å². The lowest BCUT2D eigenvalue weighted by Crippen LogP contribution is -1.88. The van der Waals surface area contributed by atoms with Crippen LogP contribution in [0.3, 0.4) is 0 Å². The van der Waals surface area contributed by atoms with Gasteiger partial charge in [0, 0.05) is 37.2 Å². The summed E-state index contributed by atoms with van der Waals surface area (Å²) >= 11 is 1.85. The van der Waals surface area contributed by atoms with Crippen molar-refractivity contribution < 1.29 is 4.42 Å². The second-order valence-corrected chi connectivity index (χ2v) is 12.1. The van der Waals surface area contributed by atoms with E-state index in [-0.39, 0.29) is 0 Å². The number of fused-ring (bicyclic) bond motifs is 6. The van der Waals surface area contributed by atoms with Gasteiger partial charge in [0.15, 0.2) is 5.58 Å². The highest BCUT2D eigenvalue weighted by Gasteiger charge is 2.15. The minimum absolute atomic E-state index is 0.734. The lowest BCUT2D eigenvalue weighted by Gasteiger charge is -2.06. The minimum Gasteiger partial charge on any atom is -0.454 e. The Kier molecular flexibility index (Phi) is 5.68. The van der Waals surface area contributed by atoms with Crippen molar-refractivity contribution in [3.8, 4) is 44.6 Å². The number of hydrogen-bond acceptors (Lipinski definition) is 4. The molecule has 206 valence electrons. The van der Waals surface area contributed by atoms with E-state index in [2.05, 4.69) is 144 Å². The van der Waals surface area contributed by atoms with Gasteiger partial charge in [-0.2, -0.15) is 0 Å². The maximum atomic E-state index is 6.40. The van der Waals surface area contributed by atoms with Crippen LogP contribution in [0.15, 0.2) is 150 Å². The molecule has 0 aliphatic rings. The first kappa shape index (κ1) is 25.0. The molecule has 0 unspecified atom stereocenters. The summed E-state index contributed by atoms with van der Waals surface area (Å²) in [5, 5.41) is 12.9. The van der Waals surface area contributed by atoms with Gasteiger partial charge in [-0.3, -0.25) is 0 Å². The van der Waals surface area contributed by atoms with Crippen molar-refractivity contribution in [1.82, 2.24) is 10.2 Å². The Labute approximate surface area is 257 Å². The van der Waals surface area contributed by atoms with Gasteiger partial charge >= 0.3 is 0 Å². The molecule has 0 N–H and O–H groups in total. The quantitative estimate of drug-likeness (QED) is 0.208. The average Bonchev–Trinajstić information content (AvgIpc) is 3.66. The van der Waals surface area contributed by atoms with E-state index in [0.717, 1.165) is 50.0 Å². The zero-order valence-electron chi connectivity index (χ0n) is 23.6. The monoisotopic (exact) mass is 580 g/mol. The molecule has 0 fully saturated rings. The first-order chi connectivity index (χ1) is 21.8. The standard InChI is InChI=1S/C40H24N2OS/c1-2-9-25(10-3-1)26-11-6-12-27(21-26)28-19-20-34-36(23-28)43-37-24-35(41-42-39(34)37)30-14-7-13-29(22-30)31-16-8-17-33-32-15-4-5-18-38(32)44-40(31)33/h1-24H. The predicted octanol–water partition coefficient (Wildman–Crippen LogP) is 11.4. The molecule has 0 atom stereocenters. The Balaban J connectivity index is 1.10. The Morgan fingerprint density at radius 1 is 0.432 bits per heavy atom. The molecule has 9 rings (SSSR count). The fraction of sp³-hybridized carbons (Fsp3) is 0. The lowest BCUT2D eigenvalue weighted by molar-refractivity contribution is 0.667. The third kappa shape index (κ3) is 4.11. The molecule has 0 spiro atoms. The number of benzene rings is 6. The maximum absolute atomic E-state index is 6.40. The van der Waals surface area contributed by atoms with E-state index >= 15 is 0 Å². The molecule has 3 nitrogen and oxygen atoms in total. The number of thiophene rings is 1. The van der Waals surface area contributed by atoms with Gasteiger partial charge in [0.05, 0.1) is 5.69 Å². The summed E-state index contributed by atoms with van der Waals surface area (Å²) in [4.78, 5) is 0. The SMILES string of the molecule is c1ccc(-c2cccc(-c3ccc4c(c3)oc3cc(-c5cccc(-c6cccc7c6sc6ccccc67)c5)nnc34)c2)cc1. The number of hydrogen-bond donors (Lipinski definition) is 0. The molecular formula is C40H24N2OS. The van der Waals surface area contributed by atoms with Crippen LogP contribution < -0.4 is 0 Å². The fourth-order valence-corrected chi connectivity index (χ4v) is 7.45. The Morgan fingerprint density at radius 2 is 1.11 bits per heavy atom. The van der Waals surface area contributed by atoms with Crippen molar-refractivity contribution in [2.75, 3.05) is 0 Å². The average molecular weight is 581 g/mol. The highest BCUT2D eigenvalue weighted by Crippen LogP contribution is 2.41. The molecule has 0 saturated carbocycles. The molecule has 9 aromatic rings. The third-order valence-electron chi connectivity index (χ3n) is 8.39. The van der Waals surface area contributed by atoms with Gasteiger partial charge in [-0.25, -0.2) is 0 Å². The van der Waals surface area contributed by atoms with Crippen molar-refractivity contribution in [3.63, 3.8) is 0 Å². The second-order valence-electron chi connectivity index (χ2n) is 11.1. The third-order valence-corrected chi connectivity index (χ3v) is 9.61. The van der Waals surface area contributed by atoms with Gasteiger partial charge < -0.3 is 4.42 Å². The Morgan fingerprint density at radius 3 is 2.02 bits per heavy atom. The van der Waals surface area contributed by atoms with Crippen LogP contribution in [-0.4, -0.2) is 10.2 Å². The summed E-state index contributed by atoms with van der Waals surface area (Å²) in [6.45, 7) is 0. The van der Waals surface area contributed by atoms with Gasteiger partial charge in [-0.05, 0) is 63.7 Å². The molecular weight excluding hydrogens is 557 g/mol. The van der Waals surface area contributed by atoms with Crippen LogP contribution in [0.4, 0.5) is 0 Å². The van der Waals surface area contributed by atoms with Crippen LogP contribution in [0, 0.1) is 0 Å². The zero-order valence-corrected chi connectivity index (χ0v) is 24.4. The molecule has 0 saturated heterocycles. The first-order valence-corrected chi connectivity index (χ1v) is 15.5. The molecule has 44 heavy (non-hydrogen) atoms. The molecule has 0 bridgehead atoms. The Bertz CT molecular complexity index is 2510. The van der Waals surface area contributed by atoms with Crippen LogP contribution in [-0.2, 0) is 0 Å². The largest absolute Gasteiger partial charge is 0.454 e. The van der Waals surface area contributed by atoms with Crippen molar-refractivity contribution in [2.24, 2.45) is 0 Å². The maximum Gasteiger partial charge on any atom is 0.157 e. The summed E-state index contributed by atoms with van der Waals surface area (Å²) < 4.78 is 9.00. The lowest BCUT2D eigenvalue weighted by atomic mass is 9.98. The first-order valence-electron chi connectivity index (χ1n) is 14.7. The molecule has 0 aliphatic carbocycles. The van der Waals surface area contributed by atoms with Crippen LogP contribution in [0.1, 0.15) is 0 Å². The summed E-state index contributed by atoms with van der Waals surface area (Å²) in [6, 6.07) is 51.2. The van der Waals surface area contributed by atoms with E-state index in [1.54, 1.807) is 0 Å². The highest BCUT2D eigenvalue weighted by atomic mass is 32.1.